The maximum Gasteiger partial charge on any atom is 0.161 e. The van der Waals surface area contributed by atoms with E-state index in [-0.39, 0.29) is 5.41 Å². The fraction of sp³-hybridized carbons (Fsp3) is 0.632. The molecule has 0 atom stereocenters. The zero-order valence-corrected chi connectivity index (χ0v) is 14.9. The zero-order valence-electron chi connectivity index (χ0n) is 14.9. The van der Waals surface area contributed by atoms with E-state index in [0.717, 1.165) is 44.3 Å². The van der Waals surface area contributed by atoms with Gasteiger partial charge >= 0.3 is 0 Å². The summed E-state index contributed by atoms with van der Waals surface area (Å²) in [4.78, 5) is 15.3. The molecule has 4 heteroatoms. The fourth-order valence-corrected chi connectivity index (χ4v) is 3.64. The standard InChI is InChI=1S/C19H29NO3/c1-5-20(6-2)14-18(21)19(11-7-8-12-19)15-9-10-16(22-3)17(13-15)23-4/h9-10,13H,5-8,11-12,14H2,1-4H3. The van der Waals surface area contributed by atoms with Crippen molar-refractivity contribution in [3.63, 3.8) is 0 Å². The van der Waals surface area contributed by atoms with Crippen LogP contribution in [0.25, 0.3) is 0 Å². The Morgan fingerprint density at radius 1 is 1.09 bits per heavy atom. The molecule has 0 heterocycles. The monoisotopic (exact) mass is 319 g/mol. The van der Waals surface area contributed by atoms with E-state index < -0.39 is 0 Å². The smallest absolute Gasteiger partial charge is 0.161 e. The highest BCUT2D eigenvalue weighted by Gasteiger charge is 2.42. The molecule has 1 saturated carbocycles. The first-order valence-corrected chi connectivity index (χ1v) is 8.59. The Balaban J connectivity index is 2.35. The zero-order chi connectivity index (χ0) is 16.9. The topological polar surface area (TPSA) is 38.8 Å². The summed E-state index contributed by atoms with van der Waals surface area (Å²) < 4.78 is 10.8. The van der Waals surface area contributed by atoms with Gasteiger partial charge in [0.25, 0.3) is 0 Å². The van der Waals surface area contributed by atoms with Crippen LogP contribution in [-0.4, -0.2) is 44.5 Å². The second-order valence-electron chi connectivity index (χ2n) is 6.24. The molecular weight excluding hydrogens is 290 g/mol. The highest BCUT2D eigenvalue weighted by Crippen LogP contribution is 2.44. The Morgan fingerprint density at radius 3 is 2.22 bits per heavy atom. The number of Topliss-reactive ketones (excluding diaryl/α,β-unsaturated/α-hetero) is 1. The predicted octanol–water partition coefficient (Wildman–Crippen LogP) is 3.43. The van der Waals surface area contributed by atoms with Crippen molar-refractivity contribution in [3.05, 3.63) is 23.8 Å². The molecule has 0 saturated heterocycles. The number of benzene rings is 1. The largest absolute Gasteiger partial charge is 0.493 e. The van der Waals surface area contributed by atoms with Crippen molar-refractivity contribution in [1.82, 2.24) is 4.90 Å². The van der Waals surface area contributed by atoms with Crippen molar-refractivity contribution in [2.75, 3.05) is 33.9 Å². The van der Waals surface area contributed by atoms with E-state index in [1.165, 1.54) is 0 Å². The van der Waals surface area contributed by atoms with Crippen LogP contribution in [-0.2, 0) is 10.2 Å². The van der Waals surface area contributed by atoms with Crippen LogP contribution in [0, 0.1) is 0 Å². The van der Waals surface area contributed by atoms with Crippen molar-refractivity contribution in [3.8, 4) is 11.5 Å². The van der Waals surface area contributed by atoms with Gasteiger partial charge in [0.1, 0.15) is 0 Å². The van der Waals surface area contributed by atoms with Gasteiger partial charge in [0, 0.05) is 0 Å². The quantitative estimate of drug-likeness (QED) is 0.736. The van der Waals surface area contributed by atoms with Crippen LogP contribution in [0.5, 0.6) is 11.5 Å². The van der Waals surface area contributed by atoms with E-state index in [9.17, 15) is 4.79 Å². The second kappa shape index (κ2) is 7.82. The average molecular weight is 319 g/mol. The van der Waals surface area contributed by atoms with Crippen LogP contribution >= 0.6 is 0 Å². The number of methoxy groups -OCH3 is 2. The SMILES string of the molecule is CCN(CC)CC(=O)C1(c2ccc(OC)c(OC)c2)CCCC1. The minimum Gasteiger partial charge on any atom is -0.493 e. The molecule has 0 aliphatic heterocycles. The van der Waals surface area contributed by atoms with Gasteiger partial charge < -0.3 is 9.47 Å². The van der Waals surface area contributed by atoms with E-state index in [1.54, 1.807) is 14.2 Å². The maximum atomic E-state index is 13.1. The summed E-state index contributed by atoms with van der Waals surface area (Å²) >= 11 is 0. The number of rotatable bonds is 8. The van der Waals surface area contributed by atoms with Crippen LogP contribution in [0.4, 0.5) is 0 Å². The lowest BCUT2D eigenvalue weighted by Gasteiger charge is -2.31. The van der Waals surface area contributed by atoms with Crippen molar-refractivity contribution in [2.24, 2.45) is 0 Å². The van der Waals surface area contributed by atoms with Gasteiger partial charge in [0.15, 0.2) is 17.3 Å². The maximum absolute atomic E-state index is 13.1. The molecule has 0 unspecified atom stereocenters. The lowest BCUT2D eigenvalue weighted by molar-refractivity contribution is -0.125. The molecule has 1 aromatic carbocycles. The van der Waals surface area contributed by atoms with Gasteiger partial charge in [-0.25, -0.2) is 0 Å². The van der Waals surface area contributed by atoms with Gasteiger partial charge in [0.05, 0.1) is 26.2 Å². The number of likely N-dealkylation sites (N-methyl/N-ethyl adjacent to an activating group) is 1. The minimum atomic E-state index is -0.359. The van der Waals surface area contributed by atoms with E-state index in [0.29, 0.717) is 23.8 Å². The molecule has 0 aromatic heterocycles. The third-order valence-electron chi connectivity index (χ3n) is 5.19. The summed E-state index contributed by atoms with van der Waals surface area (Å²) in [5, 5.41) is 0. The molecule has 1 aliphatic carbocycles. The van der Waals surface area contributed by atoms with Crippen molar-refractivity contribution in [1.29, 1.82) is 0 Å². The van der Waals surface area contributed by atoms with Gasteiger partial charge in [0.2, 0.25) is 0 Å². The van der Waals surface area contributed by atoms with Gasteiger partial charge in [-0.3, -0.25) is 9.69 Å². The molecule has 1 aliphatic rings. The van der Waals surface area contributed by atoms with E-state index in [2.05, 4.69) is 18.7 Å². The van der Waals surface area contributed by atoms with Crippen LogP contribution in [0.3, 0.4) is 0 Å². The molecule has 128 valence electrons. The number of carbonyl (C=O) groups excluding carboxylic acids is 1. The number of hydrogen-bond acceptors (Lipinski definition) is 4. The Hall–Kier alpha value is -1.55. The molecule has 0 N–H and O–H groups in total. The first-order valence-electron chi connectivity index (χ1n) is 8.59. The van der Waals surface area contributed by atoms with Crippen LogP contribution in [0.15, 0.2) is 18.2 Å². The normalized spacial score (nSPS) is 16.6. The Kier molecular flexibility index (Phi) is 6.05. The Morgan fingerprint density at radius 2 is 1.70 bits per heavy atom. The number of ketones is 1. The van der Waals surface area contributed by atoms with Gasteiger partial charge in [-0.2, -0.15) is 0 Å². The van der Waals surface area contributed by atoms with E-state index >= 15 is 0 Å². The van der Waals surface area contributed by atoms with E-state index in [4.69, 9.17) is 9.47 Å². The summed E-state index contributed by atoms with van der Waals surface area (Å²) in [6, 6.07) is 5.94. The van der Waals surface area contributed by atoms with Crippen LogP contribution in [0.1, 0.15) is 45.1 Å². The number of ether oxygens (including phenoxy) is 2. The molecule has 0 spiro atoms. The summed E-state index contributed by atoms with van der Waals surface area (Å²) in [5.74, 6) is 1.75. The summed E-state index contributed by atoms with van der Waals surface area (Å²) in [6.45, 7) is 6.55. The number of carbonyl (C=O) groups is 1. The molecule has 0 bridgehead atoms. The highest BCUT2D eigenvalue weighted by atomic mass is 16.5. The number of nitrogens with zero attached hydrogens (tertiary/aromatic N) is 1. The number of hydrogen-bond donors (Lipinski definition) is 0. The molecule has 1 fully saturated rings. The second-order valence-corrected chi connectivity index (χ2v) is 6.24. The fourth-order valence-electron chi connectivity index (χ4n) is 3.64. The average Bonchev–Trinajstić information content (AvgIpc) is 3.09. The molecule has 4 nitrogen and oxygen atoms in total. The van der Waals surface area contributed by atoms with Gasteiger partial charge in [-0.15, -0.1) is 0 Å². The van der Waals surface area contributed by atoms with Crippen molar-refractivity contribution >= 4 is 5.78 Å². The summed E-state index contributed by atoms with van der Waals surface area (Å²) in [7, 11) is 3.27. The third-order valence-corrected chi connectivity index (χ3v) is 5.19. The molecule has 1 aromatic rings. The predicted molar refractivity (Wildman–Crippen MR) is 92.5 cm³/mol. The van der Waals surface area contributed by atoms with Crippen LogP contribution < -0.4 is 9.47 Å². The Bertz CT molecular complexity index is 531. The molecular formula is C19H29NO3. The van der Waals surface area contributed by atoms with Crippen LogP contribution in [0.2, 0.25) is 0 Å². The van der Waals surface area contributed by atoms with E-state index in [1.807, 2.05) is 18.2 Å². The lowest BCUT2D eigenvalue weighted by atomic mass is 9.75. The molecule has 0 radical (unpaired) electrons. The first kappa shape index (κ1) is 17.8. The minimum absolute atomic E-state index is 0.339. The van der Waals surface area contributed by atoms with Crippen molar-refractivity contribution < 1.29 is 14.3 Å². The first-order chi connectivity index (χ1) is 11.1. The molecule has 23 heavy (non-hydrogen) atoms. The summed E-state index contributed by atoms with van der Waals surface area (Å²) in [6.07, 6.45) is 4.09. The van der Waals surface area contributed by atoms with Gasteiger partial charge in [-0.05, 0) is 43.6 Å². The summed E-state index contributed by atoms with van der Waals surface area (Å²) in [5.41, 5.74) is 0.715. The third kappa shape index (κ3) is 3.52. The highest BCUT2D eigenvalue weighted by molar-refractivity contribution is 5.92. The lowest BCUT2D eigenvalue weighted by Crippen LogP contribution is -2.41. The molecule has 2 rings (SSSR count). The van der Waals surface area contributed by atoms with Gasteiger partial charge in [-0.1, -0.05) is 32.8 Å². The Labute approximate surface area is 139 Å². The molecule has 0 amide bonds. The van der Waals surface area contributed by atoms with Crippen molar-refractivity contribution in [2.45, 2.75) is 44.9 Å².